The van der Waals surface area contributed by atoms with Crippen molar-refractivity contribution in [2.75, 3.05) is 5.75 Å². The van der Waals surface area contributed by atoms with Crippen LogP contribution in [0.4, 0.5) is 4.79 Å². The molecule has 0 aromatic rings. The van der Waals surface area contributed by atoms with Gasteiger partial charge in [0.05, 0.1) is 5.75 Å². The van der Waals surface area contributed by atoms with Crippen molar-refractivity contribution in [1.82, 2.24) is 10.0 Å². The Labute approximate surface area is 93.6 Å². The van der Waals surface area contributed by atoms with Crippen LogP contribution in [-0.2, 0) is 19.6 Å². The van der Waals surface area contributed by atoms with Crippen molar-refractivity contribution in [2.45, 2.75) is 32.4 Å². The molecular weight excluding hydrogens is 236 g/mol. The van der Waals surface area contributed by atoms with E-state index in [-0.39, 0.29) is 0 Å². The number of nitrogens with one attached hydrogen (secondary N) is 2. The van der Waals surface area contributed by atoms with Crippen LogP contribution in [0.1, 0.15) is 20.8 Å². The Hall–Kier alpha value is -1.31. The average Bonchev–Trinajstić information content (AvgIpc) is 2.19. The van der Waals surface area contributed by atoms with Gasteiger partial charge in [-0.2, -0.15) is 0 Å². The number of hydrogen-bond donors (Lipinski definition) is 2. The zero-order chi connectivity index (χ0) is 12.6. The number of amides is 2. The van der Waals surface area contributed by atoms with Gasteiger partial charge in [0, 0.05) is 0 Å². The van der Waals surface area contributed by atoms with E-state index in [1.54, 1.807) is 25.5 Å². The Bertz CT molecular complexity index is 409. The standard InChI is InChI=1S/C8H14N2O5S/c1-8(2,3)15-7(12)9-5-4-16(13,14)10-6(5)11/h5H,4H2,1-3H3,(H,9,12)(H,10,11)/t5-/m0/s1. The molecule has 8 heteroatoms. The second-order valence-corrected chi connectivity index (χ2v) is 6.21. The van der Waals surface area contributed by atoms with Crippen molar-refractivity contribution in [3.8, 4) is 0 Å². The molecular formula is C8H14N2O5S. The van der Waals surface area contributed by atoms with E-state index in [2.05, 4.69) is 5.32 Å². The SMILES string of the molecule is CC(C)(C)OC(=O)N[C@H]1CS(=O)(=O)NC1=O. The Morgan fingerprint density at radius 3 is 2.44 bits per heavy atom. The van der Waals surface area contributed by atoms with Crippen molar-refractivity contribution in [2.24, 2.45) is 0 Å². The van der Waals surface area contributed by atoms with E-state index in [1.807, 2.05) is 0 Å². The van der Waals surface area contributed by atoms with Crippen molar-refractivity contribution in [3.05, 3.63) is 0 Å². The van der Waals surface area contributed by atoms with Gasteiger partial charge in [0.25, 0.3) is 5.91 Å². The lowest BCUT2D eigenvalue weighted by Crippen LogP contribution is -2.44. The van der Waals surface area contributed by atoms with Crippen LogP contribution in [0.2, 0.25) is 0 Å². The molecule has 2 amide bonds. The van der Waals surface area contributed by atoms with Crippen molar-refractivity contribution < 1.29 is 22.7 Å². The monoisotopic (exact) mass is 250 g/mol. The van der Waals surface area contributed by atoms with Crippen LogP contribution in [0.15, 0.2) is 0 Å². The van der Waals surface area contributed by atoms with Crippen LogP contribution >= 0.6 is 0 Å². The molecule has 0 bridgehead atoms. The molecule has 92 valence electrons. The smallest absolute Gasteiger partial charge is 0.408 e. The average molecular weight is 250 g/mol. The van der Waals surface area contributed by atoms with Gasteiger partial charge in [0.15, 0.2) is 0 Å². The first-order valence-corrected chi connectivity index (χ1v) is 6.28. The minimum absolute atomic E-state index is 0.453. The van der Waals surface area contributed by atoms with Crippen LogP contribution < -0.4 is 10.0 Å². The highest BCUT2D eigenvalue weighted by Gasteiger charge is 2.37. The largest absolute Gasteiger partial charge is 0.444 e. The number of hydrogen-bond acceptors (Lipinski definition) is 5. The fraction of sp³-hybridized carbons (Fsp3) is 0.750. The maximum absolute atomic E-state index is 11.3. The fourth-order valence-electron chi connectivity index (χ4n) is 1.12. The summed E-state index contributed by atoms with van der Waals surface area (Å²) in [6, 6.07) is -1.08. The van der Waals surface area contributed by atoms with Gasteiger partial charge in [-0.25, -0.2) is 13.2 Å². The summed E-state index contributed by atoms with van der Waals surface area (Å²) in [6.45, 7) is 4.99. The molecule has 1 fully saturated rings. The lowest BCUT2D eigenvalue weighted by Gasteiger charge is -2.20. The Morgan fingerprint density at radius 2 is 2.06 bits per heavy atom. The van der Waals surface area contributed by atoms with Gasteiger partial charge < -0.3 is 10.1 Å². The maximum atomic E-state index is 11.3. The van der Waals surface area contributed by atoms with Gasteiger partial charge in [-0.05, 0) is 20.8 Å². The van der Waals surface area contributed by atoms with E-state index in [9.17, 15) is 18.0 Å². The van der Waals surface area contributed by atoms with Gasteiger partial charge >= 0.3 is 6.09 Å². The molecule has 1 rings (SSSR count). The Balaban J connectivity index is 2.57. The number of alkyl carbamates (subject to hydrolysis) is 1. The number of ether oxygens (including phenoxy) is 1. The molecule has 0 aliphatic carbocycles. The molecule has 0 saturated carbocycles. The topological polar surface area (TPSA) is 102 Å². The maximum Gasteiger partial charge on any atom is 0.408 e. The van der Waals surface area contributed by atoms with E-state index in [1.165, 1.54) is 0 Å². The molecule has 16 heavy (non-hydrogen) atoms. The number of rotatable bonds is 1. The lowest BCUT2D eigenvalue weighted by molar-refractivity contribution is -0.120. The van der Waals surface area contributed by atoms with Crippen LogP contribution in [0.3, 0.4) is 0 Å². The van der Waals surface area contributed by atoms with Crippen molar-refractivity contribution in [1.29, 1.82) is 0 Å². The minimum Gasteiger partial charge on any atom is -0.444 e. The second kappa shape index (κ2) is 3.93. The van der Waals surface area contributed by atoms with Crippen LogP contribution in [0.25, 0.3) is 0 Å². The normalized spacial score (nSPS) is 23.7. The van der Waals surface area contributed by atoms with Gasteiger partial charge in [-0.3, -0.25) is 9.52 Å². The summed E-state index contributed by atoms with van der Waals surface area (Å²) >= 11 is 0. The van der Waals surface area contributed by atoms with E-state index < -0.39 is 39.4 Å². The van der Waals surface area contributed by atoms with E-state index >= 15 is 0 Å². The first kappa shape index (κ1) is 12.8. The van der Waals surface area contributed by atoms with E-state index in [0.717, 1.165) is 0 Å². The highest BCUT2D eigenvalue weighted by atomic mass is 32.2. The number of carbonyl (C=O) groups excluding carboxylic acids is 2. The number of carbonyl (C=O) groups is 2. The first-order valence-electron chi connectivity index (χ1n) is 4.63. The molecule has 0 radical (unpaired) electrons. The van der Waals surface area contributed by atoms with Crippen LogP contribution in [-0.4, -0.2) is 37.8 Å². The zero-order valence-corrected chi connectivity index (χ0v) is 10.1. The molecule has 7 nitrogen and oxygen atoms in total. The zero-order valence-electron chi connectivity index (χ0n) is 9.23. The summed E-state index contributed by atoms with van der Waals surface area (Å²) in [5, 5.41) is 2.19. The summed E-state index contributed by atoms with van der Waals surface area (Å²) in [4.78, 5) is 22.4. The molecule has 0 aromatic heterocycles. The van der Waals surface area contributed by atoms with E-state index in [4.69, 9.17) is 4.74 Å². The summed E-state index contributed by atoms with van der Waals surface area (Å²) < 4.78 is 28.7. The van der Waals surface area contributed by atoms with Crippen molar-refractivity contribution in [3.63, 3.8) is 0 Å². The van der Waals surface area contributed by atoms with Gasteiger partial charge in [-0.15, -0.1) is 0 Å². The van der Waals surface area contributed by atoms with Gasteiger partial charge in [0.2, 0.25) is 10.0 Å². The Kier molecular flexibility index (Phi) is 3.13. The number of sulfonamides is 1. The molecule has 1 aliphatic heterocycles. The van der Waals surface area contributed by atoms with Gasteiger partial charge in [0.1, 0.15) is 11.6 Å². The third-order valence-electron chi connectivity index (χ3n) is 1.65. The molecule has 1 saturated heterocycles. The molecule has 1 heterocycles. The Morgan fingerprint density at radius 1 is 1.50 bits per heavy atom. The summed E-state index contributed by atoms with van der Waals surface area (Å²) in [5.41, 5.74) is -0.696. The third kappa shape index (κ3) is 3.69. The molecule has 0 spiro atoms. The van der Waals surface area contributed by atoms with Gasteiger partial charge in [-0.1, -0.05) is 0 Å². The molecule has 1 aliphatic rings. The quantitative estimate of drug-likeness (QED) is 0.643. The second-order valence-electron chi connectivity index (χ2n) is 4.45. The first-order chi connectivity index (χ1) is 7.09. The summed E-state index contributed by atoms with van der Waals surface area (Å²) in [5.74, 6) is -1.20. The summed E-state index contributed by atoms with van der Waals surface area (Å²) in [7, 11) is -3.60. The van der Waals surface area contributed by atoms with Crippen molar-refractivity contribution >= 4 is 22.0 Å². The predicted molar refractivity (Wildman–Crippen MR) is 55.1 cm³/mol. The molecule has 0 aromatic carbocycles. The highest BCUT2D eigenvalue weighted by Crippen LogP contribution is 2.08. The molecule has 0 unspecified atom stereocenters. The van der Waals surface area contributed by atoms with E-state index in [0.29, 0.717) is 0 Å². The lowest BCUT2D eigenvalue weighted by atomic mass is 10.2. The summed E-state index contributed by atoms with van der Waals surface area (Å²) in [6.07, 6.45) is -0.815. The van der Waals surface area contributed by atoms with Crippen LogP contribution in [0.5, 0.6) is 0 Å². The fourth-order valence-corrected chi connectivity index (χ4v) is 2.32. The van der Waals surface area contributed by atoms with Crippen LogP contribution in [0, 0.1) is 0 Å². The minimum atomic E-state index is -3.60. The third-order valence-corrected chi connectivity index (χ3v) is 2.93. The molecule has 2 N–H and O–H groups in total. The highest BCUT2D eigenvalue weighted by molar-refractivity contribution is 7.90. The predicted octanol–water partition coefficient (Wildman–Crippen LogP) is -0.661. The molecule has 1 atom stereocenters.